The van der Waals surface area contributed by atoms with Crippen LogP contribution in [-0.4, -0.2) is 37.0 Å². The van der Waals surface area contributed by atoms with Gasteiger partial charge in [-0.2, -0.15) is 0 Å². The second-order valence-electron chi connectivity index (χ2n) is 4.19. The van der Waals surface area contributed by atoms with E-state index in [0.29, 0.717) is 6.04 Å². The van der Waals surface area contributed by atoms with Crippen molar-refractivity contribution >= 4 is 5.91 Å². The number of amides is 1. The van der Waals surface area contributed by atoms with Crippen LogP contribution in [0.4, 0.5) is 0 Å². The van der Waals surface area contributed by atoms with Gasteiger partial charge >= 0.3 is 0 Å². The monoisotopic (exact) mass is 182 g/mol. The van der Waals surface area contributed by atoms with E-state index >= 15 is 0 Å². The van der Waals surface area contributed by atoms with E-state index in [1.54, 1.807) is 7.05 Å². The number of rotatable bonds is 1. The van der Waals surface area contributed by atoms with Crippen LogP contribution in [0.3, 0.4) is 0 Å². The first-order chi connectivity index (χ1) is 6.31. The van der Waals surface area contributed by atoms with Crippen molar-refractivity contribution in [2.75, 3.05) is 20.1 Å². The summed E-state index contributed by atoms with van der Waals surface area (Å²) < 4.78 is 0. The van der Waals surface area contributed by atoms with Gasteiger partial charge in [0.25, 0.3) is 0 Å². The lowest BCUT2D eigenvalue weighted by Gasteiger charge is -2.28. The van der Waals surface area contributed by atoms with Crippen molar-refractivity contribution in [1.29, 1.82) is 0 Å². The maximum atomic E-state index is 11.4. The van der Waals surface area contributed by atoms with E-state index in [2.05, 4.69) is 10.2 Å². The van der Waals surface area contributed by atoms with Crippen molar-refractivity contribution in [2.45, 2.75) is 31.7 Å². The summed E-state index contributed by atoms with van der Waals surface area (Å²) in [6.45, 7) is 2.20. The molecule has 74 valence electrons. The summed E-state index contributed by atoms with van der Waals surface area (Å²) in [6.07, 6.45) is 5.05. The lowest BCUT2D eigenvalue weighted by Crippen LogP contribution is -2.34. The minimum absolute atomic E-state index is 0.231. The summed E-state index contributed by atoms with van der Waals surface area (Å²) in [7, 11) is 1.74. The van der Waals surface area contributed by atoms with Crippen LogP contribution in [0.1, 0.15) is 25.7 Å². The number of carbonyl (C=O) groups excluding carboxylic acids is 1. The van der Waals surface area contributed by atoms with Gasteiger partial charge in [-0.1, -0.05) is 6.42 Å². The minimum atomic E-state index is 0.231. The van der Waals surface area contributed by atoms with Gasteiger partial charge in [-0.15, -0.1) is 0 Å². The van der Waals surface area contributed by atoms with E-state index in [-0.39, 0.29) is 11.8 Å². The molecule has 2 aliphatic heterocycles. The zero-order chi connectivity index (χ0) is 9.26. The third-order valence-electron chi connectivity index (χ3n) is 3.38. The van der Waals surface area contributed by atoms with Gasteiger partial charge in [0.2, 0.25) is 5.91 Å². The summed E-state index contributed by atoms with van der Waals surface area (Å²) >= 11 is 0. The quantitative estimate of drug-likeness (QED) is 0.644. The van der Waals surface area contributed by atoms with Crippen LogP contribution < -0.4 is 5.32 Å². The SMILES string of the molecule is CNC(=O)C1CC2CCCCN2C1. The third kappa shape index (κ3) is 1.70. The second kappa shape index (κ2) is 3.66. The van der Waals surface area contributed by atoms with Crippen molar-refractivity contribution in [3.8, 4) is 0 Å². The first-order valence-electron chi connectivity index (χ1n) is 5.27. The first kappa shape index (κ1) is 9.00. The number of hydrogen-bond acceptors (Lipinski definition) is 2. The Morgan fingerprint density at radius 2 is 2.31 bits per heavy atom. The standard InChI is InChI=1S/C10H18N2O/c1-11-10(13)8-6-9-4-2-3-5-12(9)7-8/h8-9H,2-7H2,1H3,(H,11,13). The molecule has 2 saturated heterocycles. The Balaban J connectivity index is 1.94. The Bertz CT molecular complexity index is 191. The second-order valence-corrected chi connectivity index (χ2v) is 4.19. The lowest BCUT2D eigenvalue weighted by atomic mass is 9.99. The van der Waals surface area contributed by atoms with E-state index in [1.165, 1.54) is 25.8 Å². The third-order valence-corrected chi connectivity index (χ3v) is 3.38. The summed E-state index contributed by atoms with van der Waals surface area (Å²) in [6, 6.07) is 0.705. The van der Waals surface area contributed by atoms with Crippen LogP contribution in [-0.2, 0) is 4.79 Å². The fourth-order valence-electron chi connectivity index (χ4n) is 2.65. The average molecular weight is 182 g/mol. The molecule has 2 unspecified atom stereocenters. The van der Waals surface area contributed by atoms with Crippen molar-refractivity contribution in [3.63, 3.8) is 0 Å². The van der Waals surface area contributed by atoms with Crippen molar-refractivity contribution < 1.29 is 4.79 Å². The molecule has 2 fully saturated rings. The Morgan fingerprint density at radius 3 is 3.00 bits per heavy atom. The van der Waals surface area contributed by atoms with Crippen LogP contribution in [0.5, 0.6) is 0 Å². The van der Waals surface area contributed by atoms with Gasteiger partial charge in [-0.3, -0.25) is 9.69 Å². The van der Waals surface area contributed by atoms with E-state index in [9.17, 15) is 4.79 Å². The molecule has 3 nitrogen and oxygen atoms in total. The predicted octanol–water partition coefficient (Wildman–Crippen LogP) is 0.607. The van der Waals surface area contributed by atoms with Gasteiger partial charge in [-0.05, 0) is 25.8 Å². The maximum Gasteiger partial charge on any atom is 0.224 e. The molecule has 2 aliphatic rings. The number of hydrogen-bond donors (Lipinski definition) is 1. The zero-order valence-electron chi connectivity index (χ0n) is 8.25. The highest BCUT2D eigenvalue weighted by Gasteiger charge is 2.36. The lowest BCUT2D eigenvalue weighted by molar-refractivity contribution is -0.124. The Hall–Kier alpha value is -0.570. The van der Waals surface area contributed by atoms with Gasteiger partial charge in [0, 0.05) is 19.6 Å². The van der Waals surface area contributed by atoms with Crippen LogP contribution in [0.15, 0.2) is 0 Å². The normalized spacial score (nSPS) is 34.2. The zero-order valence-corrected chi connectivity index (χ0v) is 8.25. The van der Waals surface area contributed by atoms with Gasteiger partial charge < -0.3 is 5.32 Å². The first-order valence-corrected chi connectivity index (χ1v) is 5.27. The van der Waals surface area contributed by atoms with E-state index < -0.39 is 0 Å². The number of carbonyl (C=O) groups is 1. The van der Waals surface area contributed by atoms with Crippen LogP contribution in [0.25, 0.3) is 0 Å². The maximum absolute atomic E-state index is 11.4. The fraction of sp³-hybridized carbons (Fsp3) is 0.900. The molecule has 0 radical (unpaired) electrons. The number of nitrogens with zero attached hydrogens (tertiary/aromatic N) is 1. The topological polar surface area (TPSA) is 32.3 Å². The molecule has 0 aromatic rings. The Labute approximate surface area is 79.5 Å². The highest BCUT2D eigenvalue weighted by atomic mass is 16.1. The molecule has 2 rings (SSSR count). The molecule has 0 aromatic carbocycles. The van der Waals surface area contributed by atoms with Gasteiger partial charge in [0.1, 0.15) is 0 Å². The Kier molecular flexibility index (Phi) is 2.54. The number of nitrogens with one attached hydrogen (secondary N) is 1. The molecule has 0 saturated carbocycles. The molecule has 2 atom stereocenters. The highest BCUT2D eigenvalue weighted by Crippen LogP contribution is 2.30. The molecule has 1 amide bonds. The molecule has 13 heavy (non-hydrogen) atoms. The van der Waals surface area contributed by atoms with E-state index in [4.69, 9.17) is 0 Å². The fourth-order valence-corrected chi connectivity index (χ4v) is 2.65. The smallest absolute Gasteiger partial charge is 0.224 e. The van der Waals surface area contributed by atoms with Crippen LogP contribution in [0.2, 0.25) is 0 Å². The molecule has 2 heterocycles. The minimum Gasteiger partial charge on any atom is -0.359 e. The summed E-state index contributed by atoms with van der Waals surface area (Å²) in [4.78, 5) is 13.9. The van der Waals surface area contributed by atoms with Gasteiger partial charge in [0.05, 0.1) is 5.92 Å². The van der Waals surface area contributed by atoms with Gasteiger partial charge in [0.15, 0.2) is 0 Å². The molecule has 0 aromatic heterocycles. The summed E-state index contributed by atoms with van der Waals surface area (Å²) in [5.74, 6) is 0.488. The molecular weight excluding hydrogens is 164 g/mol. The van der Waals surface area contributed by atoms with E-state index in [0.717, 1.165) is 13.0 Å². The Morgan fingerprint density at radius 1 is 1.46 bits per heavy atom. The molecule has 3 heteroatoms. The molecule has 0 bridgehead atoms. The molecular formula is C10H18N2O. The number of piperidine rings is 1. The van der Waals surface area contributed by atoms with Gasteiger partial charge in [-0.25, -0.2) is 0 Å². The summed E-state index contributed by atoms with van der Waals surface area (Å²) in [5.41, 5.74) is 0. The predicted molar refractivity (Wildman–Crippen MR) is 51.4 cm³/mol. The van der Waals surface area contributed by atoms with Crippen molar-refractivity contribution in [2.24, 2.45) is 5.92 Å². The molecule has 0 spiro atoms. The van der Waals surface area contributed by atoms with Crippen LogP contribution >= 0.6 is 0 Å². The van der Waals surface area contributed by atoms with Crippen molar-refractivity contribution in [3.05, 3.63) is 0 Å². The summed E-state index contributed by atoms with van der Waals surface area (Å²) in [5, 5.41) is 2.75. The largest absolute Gasteiger partial charge is 0.359 e. The molecule has 0 aliphatic carbocycles. The molecule has 1 N–H and O–H groups in total. The van der Waals surface area contributed by atoms with E-state index in [1.807, 2.05) is 0 Å². The average Bonchev–Trinajstić information content (AvgIpc) is 2.59. The number of fused-ring (bicyclic) bond motifs is 1. The highest BCUT2D eigenvalue weighted by molar-refractivity contribution is 5.78. The van der Waals surface area contributed by atoms with Crippen LogP contribution in [0, 0.1) is 5.92 Å². The van der Waals surface area contributed by atoms with Crippen molar-refractivity contribution in [1.82, 2.24) is 10.2 Å².